The molecule has 29 heavy (non-hydrogen) atoms. The first-order valence-corrected chi connectivity index (χ1v) is 11.1. The fraction of sp³-hybridized carbons (Fsp3) is 0.550. The topological polar surface area (TPSA) is 104 Å². The van der Waals surface area contributed by atoms with Gasteiger partial charge in [0.2, 0.25) is 5.91 Å². The number of hydrogen-bond acceptors (Lipinski definition) is 6. The molecule has 8 nitrogen and oxygen atoms in total. The van der Waals surface area contributed by atoms with E-state index in [1.54, 1.807) is 18.3 Å². The van der Waals surface area contributed by atoms with E-state index in [1.165, 1.54) is 15.0 Å². The van der Waals surface area contributed by atoms with Crippen molar-refractivity contribution in [3.63, 3.8) is 0 Å². The highest BCUT2D eigenvalue weighted by molar-refractivity contribution is 7.07. The van der Waals surface area contributed by atoms with Crippen LogP contribution in [0.2, 0.25) is 0 Å². The van der Waals surface area contributed by atoms with Crippen LogP contribution in [0.4, 0.5) is 11.5 Å². The number of unbranched alkanes of at least 4 members (excludes halogenated alkanes) is 1. The number of thiophene rings is 1. The minimum atomic E-state index is -0.619. The number of likely N-dealkylation sites (N-methyl/N-ethyl adjacent to an activating group) is 1. The van der Waals surface area contributed by atoms with Gasteiger partial charge in [0.25, 0.3) is 5.56 Å². The number of carbonyl (C=O) groups excluding carboxylic acids is 1. The van der Waals surface area contributed by atoms with E-state index in [0.717, 1.165) is 25.7 Å². The minimum Gasteiger partial charge on any atom is -0.383 e. The van der Waals surface area contributed by atoms with E-state index in [-0.39, 0.29) is 24.0 Å². The van der Waals surface area contributed by atoms with E-state index in [9.17, 15) is 14.4 Å². The predicted octanol–water partition coefficient (Wildman–Crippen LogP) is 2.00. The molecule has 158 valence electrons. The lowest BCUT2D eigenvalue weighted by Gasteiger charge is -2.27. The molecule has 1 saturated carbocycles. The summed E-state index contributed by atoms with van der Waals surface area (Å²) < 4.78 is 1.35. The number of nitrogen functional groups attached to an aromatic ring is 1. The van der Waals surface area contributed by atoms with Crippen molar-refractivity contribution >= 4 is 28.7 Å². The van der Waals surface area contributed by atoms with Gasteiger partial charge in [-0.2, -0.15) is 11.3 Å². The first-order valence-electron chi connectivity index (χ1n) is 10.1. The highest BCUT2D eigenvalue weighted by Gasteiger charge is 2.32. The van der Waals surface area contributed by atoms with Gasteiger partial charge in [0.05, 0.1) is 6.54 Å². The van der Waals surface area contributed by atoms with E-state index in [0.29, 0.717) is 25.7 Å². The zero-order valence-electron chi connectivity index (χ0n) is 17.0. The van der Waals surface area contributed by atoms with Crippen molar-refractivity contribution in [3.05, 3.63) is 43.2 Å². The Morgan fingerprint density at radius 3 is 2.69 bits per heavy atom. The maximum atomic E-state index is 13.2. The number of nitrogens with two attached hydrogens (primary N) is 1. The molecule has 1 aliphatic rings. The summed E-state index contributed by atoms with van der Waals surface area (Å²) in [5, 5.41) is 4.12. The van der Waals surface area contributed by atoms with Gasteiger partial charge in [0.1, 0.15) is 5.82 Å². The number of nitrogens with zero attached hydrogens (tertiary/aromatic N) is 3. The number of carbonyl (C=O) groups is 1. The molecule has 2 heterocycles. The molecule has 1 fully saturated rings. The number of hydrogen-bond donors (Lipinski definition) is 2. The number of aromatic amines is 1. The van der Waals surface area contributed by atoms with Crippen molar-refractivity contribution in [1.29, 1.82) is 0 Å². The molecule has 1 aliphatic carbocycles. The smallest absolute Gasteiger partial charge is 0.330 e. The van der Waals surface area contributed by atoms with Gasteiger partial charge in [-0.15, -0.1) is 0 Å². The molecule has 0 unspecified atom stereocenters. The third kappa shape index (κ3) is 4.97. The van der Waals surface area contributed by atoms with Gasteiger partial charge in [0, 0.05) is 25.7 Å². The van der Waals surface area contributed by atoms with Crippen molar-refractivity contribution in [2.45, 2.75) is 58.7 Å². The summed E-state index contributed by atoms with van der Waals surface area (Å²) in [5.41, 5.74) is 6.29. The molecule has 0 bridgehead atoms. The Labute approximate surface area is 173 Å². The van der Waals surface area contributed by atoms with Gasteiger partial charge < -0.3 is 10.6 Å². The molecule has 0 atom stereocenters. The van der Waals surface area contributed by atoms with Crippen LogP contribution in [0.15, 0.2) is 26.4 Å². The third-order valence-electron chi connectivity index (χ3n) is 5.20. The van der Waals surface area contributed by atoms with E-state index < -0.39 is 11.2 Å². The van der Waals surface area contributed by atoms with Crippen molar-refractivity contribution in [3.8, 4) is 0 Å². The summed E-state index contributed by atoms with van der Waals surface area (Å²) in [5.74, 6) is -0.134. The van der Waals surface area contributed by atoms with Crippen LogP contribution < -0.4 is 21.9 Å². The number of anilines is 2. The van der Waals surface area contributed by atoms with Crippen LogP contribution in [0.25, 0.3) is 0 Å². The summed E-state index contributed by atoms with van der Waals surface area (Å²) in [6, 6.07) is 2.46. The second kappa shape index (κ2) is 9.41. The normalized spacial score (nSPS) is 13.8. The number of rotatable bonds is 10. The number of amides is 1. The number of nitrogens with one attached hydrogen (secondary N) is 1. The minimum absolute atomic E-state index is 0.0539. The Balaban J connectivity index is 1.85. The third-order valence-corrected chi connectivity index (χ3v) is 5.94. The van der Waals surface area contributed by atoms with E-state index in [2.05, 4.69) is 21.3 Å². The summed E-state index contributed by atoms with van der Waals surface area (Å²) >= 11 is 1.64. The van der Waals surface area contributed by atoms with Crippen LogP contribution in [-0.4, -0.2) is 39.5 Å². The van der Waals surface area contributed by atoms with Gasteiger partial charge in [-0.05, 0) is 48.6 Å². The molecule has 3 rings (SSSR count). The highest BCUT2D eigenvalue weighted by atomic mass is 32.1. The van der Waals surface area contributed by atoms with Gasteiger partial charge >= 0.3 is 5.69 Å². The zero-order valence-corrected chi connectivity index (χ0v) is 17.8. The Kier molecular flexibility index (Phi) is 6.92. The van der Waals surface area contributed by atoms with Crippen LogP contribution in [0, 0.1) is 0 Å². The monoisotopic (exact) mass is 419 g/mol. The van der Waals surface area contributed by atoms with Crippen molar-refractivity contribution in [1.82, 2.24) is 14.5 Å². The molecule has 0 radical (unpaired) electrons. The second-order valence-electron chi connectivity index (χ2n) is 7.40. The average molecular weight is 420 g/mol. The standard InChI is InChI=1S/C20H29N5O3S/c1-3-5-9-25-18(21)17(19(27)22-20(25)28)24(4-2)16(26)12-23(15-6-7-15)11-14-8-10-29-13-14/h8,10,13,15H,3-7,9,11-12,21H2,1-2H3,(H,22,27,28). The molecule has 2 aromatic heterocycles. The lowest BCUT2D eigenvalue weighted by molar-refractivity contribution is -0.120. The summed E-state index contributed by atoms with van der Waals surface area (Å²) in [7, 11) is 0. The lowest BCUT2D eigenvalue weighted by atomic mass is 10.2. The van der Waals surface area contributed by atoms with Crippen LogP contribution in [0.1, 0.15) is 45.1 Å². The maximum Gasteiger partial charge on any atom is 0.330 e. The first-order chi connectivity index (χ1) is 14.0. The summed E-state index contributed by atoms with van der Waals surface area (Å²) in [6.45, 7) is 5.44. The Bertz CT molecular complexity index is 946. The van der Waals surface area contributed by atoms with Gasteiger partial charge in [0.15, 0.2) is 5.69 Å². The zero-order chi connectivity index (χ0) is 21.0. The quantitative estimate of drug-likeness (QED) is 0.613. The molecule has 0 spiro atoms. The molecule has 2 aromatic rings. The van der Waals surface area contributed by atoms with E-state index >= 15 is 0 Å². The number of aromatic nitrogens is 2. The SMILES string of the molecule is CCCCn1c(N)c(N(CC)C(=O)CN(Cc2ccsc2)C2CC2)c(=O)[nH]c1=O. The van der Waals surface area contributed by atoms with Crippen LogP contribution in [0.3, 0.4) is 0 Å². The van der Waals surface area contributed by atoms with Crippen molar-refractivity contribution in [2.75, 3.05) is 23.7 Å². The fourth-order valence-electron chi connectivity index (χ4n) is 3.47. The van der Waals surface area contributed by atoms with E-state index in [1.807, 2.05) is 12.3 Å². The largest absolute Gasteiger partial charge is 0.383 e. The van der Waals surface area contributed by atoms with Crippen molar-refractivity contribution in [2.24, 2.45) is 0 Å². The van der Waals surface area contributed by atoms with Crippen LogP contribution >= 0.6 is 11.3 Å². The molecule has 1 amide bonds. The van der Waals surface area contributed by atoms with Crippen LogP contribution in [0.5, 0.6) is 0 Å². The molecular formula is C20H29N5O3S. The van der Waals surface area contributed by atoms with Gasteiger partial charge in [-0.1, -0.05) is 13.3 Å². The Morgan fingerprint density at radius 1 is 1.34 bits per heavy atom. The maximum absolute atomic E-state index is 13.2. The average Bonchev–Trinajstić information content (AvgIpc) is 3.41. The Morgan fingerprint density at radius 2 is 2.10 bits per heavy atom. The van der Waals surface area contributed by atoms with Crippen LogP contribution in [-0.2, 0) is 17.9 Å². The predicted molar refractivity (Wildman–Crippen MR) is 116 cm³/mol. The first kappa shape index (κ1) is 21.3. The summed E-state index contributed by atoms with van der Waals surface area (Å²) in [6.07, 6.45) is 3.80. The van der Waals surface area contributed by atoms with Gasteiger partial charge in [-0.25, -0.2) is 4.79 Å². The molecule has 9 heteroatoms. The van der Waals surface area contributed by atoms with Gasteiger partial charge in [-0.3, -0.25) is 24.0 Å². The molecule has 0 saturated heterocycles. The molecular weight excluding hydrogens is 390 g/mol. The second-order valence-corrected chi connectivity index (χ2v) is 8.18. The molecule has 3 N–H and O–H groups in total. The molecule has 0 aliphatic heterocycles. The highest BCUT2D eigenvalue weighted by Crippen LogP contribution is 2.29. The molecule has 0 aromatic carbocycles. The van der Waals surface area contributed by atoms with Crippen molar-refractivity contribution < 1.29 is 4.79 Å². The number of H-pyrrole nitrogens is 1. The van der Waals surface area contributed by atoms with E-state index in [4.69, 9.17) is 5.73 Å². The lowest BCUT2D eigenvalue weighted by Crippen LogP contribution is -2.45. The summed E-state index contributed by atoms with van der Waals surface area (Å²) in [4.78, 5) is 43.7. The Hall–Kier alpha value is -2.39. The fourth-order valence-corrected chi connectivity index (χ4v) is 4.13.